The van der Waals surface area contributed by atoms with E-state index in [9.17, 15) is 19.7 Å². The normalized spacial score (nSPS) is 16.9. The first-order chi connectivity index (χ1) is 15.1. The number of ether oxygens (including phenoxy) is 1. The Labute approximate surface area is 187 Å². The van der Waals surface area contributed by atoms with Crippen molar-refractivity contribution in [2.75, 3.05) is 18.1 Å². The van der Waals surface area contributed by atoms with Crippen molar-refractivity contribution in [3.63, 3.8) is 0 Å². The molecular formula is C24H28N2O6. The van der Waals surface area contributed by atoms with Gasteiger partial charge in [-0.3, -0.25) is 19.7 Å². The number of carbonyl (C=O) groups is 2. The number of carbonyl (C=O) groups excluding carboxylic acids is 2. The molecular weight excluding hydrogens is 412 g/mol. The van der Waals surface area contributed by atoms with E-state index in [-0.39, 0.29) is 41.3 Å². The van der Waals surface area contributed by atoms with Gasteiger partial charge in [-0.2, -0.15) is 0 Å². The molecule has 1 unspecified atom stereocenters. The van der Waals surface area contributed by atoms with Gasteiger partial charge in [-0.05, 0) is 49.3 Å². The number of allylic oxidation sites excluding steroid dienone is 1. The molecule has 0 radical (unpaired) electrons. The van der Waals surface area contributed by atoms with E-state index in [0.717, 1.165) is 16.8 Å². The molecule has 32 heavy (non-hydrogen) atoms. The van der Waals surface area contributed by atoms with Crippen molar-refractivity contribution in [2.24, 2.45) is 0 Å². The molecule has 1 atom stereocenters. The molecule has 0 amide bonds. The van der Waals surface area contributed by atoms with Crippen molar-refractivity contribution in [3.05, 3.63) is 63.4 Å². The largest absolute Gasteiger partial charge is 0.466 e. The average Bonchev–Trinajstić information content (AvgIpc) is 3.28. The highest BCUT2D eigenvalue weighted by Crippen LogP contribution is 2.45. The van der Waals surface area contributed by atoms with Crippen LogP contribution < -0.4 is 4.90 Å². The molecule has 0 spiro atoms. The Morgan fingerprint density at radius 1 is 1.28 bits per heavy atom. The van der Waals surface area contributed by atoms with Crippen molar-refractivity contribution < 1.29 is 23.7 Å². The third-order valence-electron chi connectivity index (χ3n) is 6.04. The van der Waals surface area contributed by atoms with E-state index >= 15 is 0 Å². The summed E-state index contributed by atoms with van der Waals surface area (Å²) < 4.78 is 10.1. The fourth-order valence-electron chi connectivity index (χ4n) is 4.01. The van der Waals surface area contributed by atoms with Crippen molar-refractivity contribution in [2.45, 2.75) is 52.0 Å². The smallest absolute Gasteiger partial charge is 0.433 e. The average molecular weight is 440 g/mol. The van der Waals surface area contributed by atoms with E-state index in [1.54, 1.807) is 6.92 Å². The molecule has 0 aliphatic carbocycles. The van der Waals surface area contributed by atoms with Gasteiger partial charge >= 0.3 is 11.9 Å². The predicted molar refractivity (Wildman–Crippen MR) is 121 cm³/mol. The Morgan fingerprint density at radius 3 is 2.69 bits per heavy atom. The van der Waals surface area contributed by atoms with Crippen LogP contribution in [0.2, 0.25) is 0 Å². The third kappa shape index (κ3) is 4.90. The lowest BCUT2D eigenvalue weighted by molar-refractivity contribution is -0.402. The van der Waals surface area contributed by atoms with Gasteiger partial charge in [0.1, 0.15) is 10.7 Å². The first-order valence-electron chi connectivity index (χ1n) is 10.6. The molecule has 0 bridgehead atoms. The van der Waals surface area contributed by atoms with E-state index in [0.29, 0.717) is 19.6 Å². The Hall–Kier alpha value is -3.42. The second kappa shape index (κ2) is 9.38. The summed E-state index contributed by atoms with van der Waals surface area (Å²) in [6, 6.07) is 8.88. The number of anilines is 1. The number of esters is 1. The highest BCUT2D eigenvalue weighted by atomic mass is 16.6. The van der Waals surface area contributed by atoms with Crippen molar-refractivity contribution in [1.29, 1.82) is 0 Å². The minimum atomic E-state index is -0.623. The monoisotopic (exact) mass is 440 g/mol. The molecule has 1 aliphatic heterocycles. The van der Waals surface area contributed by atoms with Gasteiger partial charge in [0, 0.05) is 30.1 Å². The minimum absolute atomic E-state index is 0.132. The lowest BCUT2D eigenvalue weighted by Gasteiger charge is -2.31. The fourth-order valence-corrected chi connectivity index (χ4v) is 4.01. The standard InChI is InChI=1S/C24H28N2O6/c1-5-31-23(28)12-13-25-16(2)24(3,4)20-15-17(6-10-21(20)25)14-18(27)7-8-19-9-11-22(32-19)26(29)30/h6-11,15-16H,5,12-14H2,1-4H3/b8-7+. The van der Waals surface area contributed by atoms with Crippen LogP contribution in [0, 0.1) is 10.1 Å². The van der Waals surface area contributed by atoms with Gasteiger partial charge in [0.05, 0.1) is 19.1 Å². The molecule has 2 aromatic rings. The van der Waals surface area contributed by atoms with Gasteiger partial charge in [-0.15, -0.1) is 0 Å². The zero-order valence-corrected chi connectivity index (χ0v) is 18.8. The Bertz CT molecular complexity index is 1050. The minimum Gasteiger partial charge on any atom is -0.466 e. The maximum atomic E-state index is 12.4. The van der Waals surface area contributed by atoms with Gasteiger partial charge in [0.15, 0.2) is 5.78 Å². The van der Waals surface area contributed by atoms with E-state index in [1.807, 2.05) is 12.1 Å². The molecule has 3 rings (SSSR count). The number of rotatable bonds is 9. The molecule has 1 aromatic heterocycles. The first-order valence-corrected chi connectivity index (χ1v) is 10.6. The van der Waals surface area contributed by atoms with Gasteiger partial charge < -0.3 is 14.1 Å². The van der Waals surface area contributed by atoms with Crippen LogP contribution in [0.4, 0.5) is 11.6 Å². The van der Waals surface area contributed by atoms with E-state index in [1.165, 1.54) is 24.3 Å². The van der Waals surface area contributed by atoms with Crippen LogP contribution in [-0.2, 0) is 26.2 Å². The summed E-state index contributed by atoms with van der Waals surface area (Å²) in [4.78, 5) is 36.5. The summed E-state index contributed by atoms with van der Waals surface area (Å²) in [5, 5.41) is 10.7. The summed E-state index contributed by atoms with van der Waals surface area (Å²) in [5.41, 5.74) is 2.95. The molecule has 8 heteroatoms. The number of nitro groups is 1. The number of ketones is 1. The highest BCUT2D eigenvalue weighted by molar-refractivity contribution is 5.95. The number of furan rings is 1. The van der Waals surface area contributed by atoms with Crippen LogP contribution in [0.5, 0.6) is 0 Å². The fraction of sp³-hybridized carbons (Fsp3) is 0.417. The molecule has 0 saturated carbocycles. The lowest BCUT2D eigenvalue weighted by Crippen LogP contribution is -2.40. The topological polar surface area (TPSA) is 103 Å². The van der Waals surface area contributed by atoms with E-state index in [4.69, 9.17) is 9.15 Å². The van der Waals surface area contributed by atoms with Crippen LogP contribution in [0.25, 0.3) is 6.08 Å². The molecule has 0 N–H and O–H groups in total. The third-order valence-corrected chi connectivity index (χ3v) is 6.04. The lowest BCUT2D eigenvalue weighted by atomic mass is 9.80. The summed E-state index contributed by atoms with van der Waals surface area (Å²) in [6.07, 6.45) is 3.34. The molecule has 2 heterocycles. The molecule has 1 aliphatic rings. The summed E-state index contributed by atoms with van der Waals surface area (Å²) in [5.74, 6) is -0.445. The molecule has 8 nitrogen and oxygen atoms in total. The van der Waals surface area contributed by atoms with E-state index < -0.39 is 4.92 Å². The second-order valence-electron chi connectivity index (χ2n) is 8.41. The highest BCUT2D eigenvalue weighted by Gasteiger charge is 2.41. The number of hydrogen-bond donors (Lipinski definition) is 0. The van der Waals surface area contributed by atoms with Crippen LogP contribution in [-0.4, -0.2) is 35.9 Å². The van der Waals surface area contributed by atoms with Crippen LogP contribution in [0.15, 0.2) is 40.8 Å². The summed E-state index contributed by atoms with van der Waals surface area (Å²) in [6.45, 7) is 9.21. The summed E-state index contributed by atoms with van der Waals surface area (Å²) in [7, 11) is 0. The Kier molecular flexibility index (Phi) is 6.81. The zero-order valence-electron chi connectivity index (χ0n) is 18.8. The van der Waals surface area contributed by atoms with Crippen molar-refractivity contribution in [1.82, 2.24) is 0 Å². The van der Waals surface area contributed by atoms with Gasteiger partial charge in [-0.25, -0.2) is 0 Å². The zero-order chi connectivity index (χ0) is 23.5. The maximum absolute atomic E-state index is 12.4. The van der Waals surface area contributed by atoms with Gasteiger partial charge in [-0.1, -0.05) is 26.0 Å². The number of nitrogens with zero attached hydrogens (tertiary/aromatic N) is 2. The number of hydrogen-bond acceptors (Lipinski definition) is 7. The first kappa shape index (κ1) is 23.2. The van der Waals surface area contributed by atoms with Crippen LogP contribution >= 0.6 is 0 Å². The Balaban J connectivity index is 1.72. The van der Waals surface area contributed by atoms with Gasteiger partial charge in [0.25, 0.3) is 0 Å². The molecule has 1 aromatic carbocycles. The predicted octanol–water partition coefficient (Wildman–Crippen LogP) is 4.45. The Morgan fingerprint density at radius 2 is 2.03 bits per heavy atom. The number of fused-ring (bicyclic) bond motifs is 1. The van der Waals surface area contributed by atoms with E-state index in [2.05, 4.69) is 31.7 Å². The van der Waals surface area contributed by atoms with Crippen molar-refractivity contribution in [3.8, 4) is 0 Å². The second-order valence-corrected chi connectivity index (χ2v) is 8.41. The maximum Gasteiger partial charge on any atom is 0.433 e. The van der Waals surface area contributed by atoms with Crippen LogP contribution in [0.1, 0.15) is 51.0 Å². The summed E-state index contributed by atoms with van der Waals surface area (Å²) >= 11 is 0. The number of benzene rings is 1. The quantitative estimate of drug-likeness (QED) is 0.246. The SMILES string of the molecule is CCOC(=O)CCN1c2ccc(CC(=O)/C=C/c3ccc([N+](=O)[O-])o3)cc2C(C)(C)C1C. The van der Waals surface area contributed by atoms with Crippen molar-refractivity contribution >= 4 is 29.4 Å². The molecule has 0 saturated heterocycles. The van der Waals surface area contributed by atoms with Gasteiger partial charge in [0.2, 0.25) is 0 Å². The van der Waals surface area contributed by atoms with Crippen LogP contribution in [0.3, 0.4) is 0 Å². The molecule has 170 valence electrons. The molecule has 0 fully saturated rings.